The van der Waals surface area contributed by atoms with Crippen molar-refractivity contribution in [2.24, 2.45) is 0 Å². The van der Waals surface area contributed by atoms with Gasteiger partial charge in [0.1, 0.15) is 11.3 Å². The molecule has 0 radical (unpaired) electrons. The van der Waals surface area contributed by atoms with Crippen LogP contribution in [-0.4, -0.2) is 15.3 Å². The molecule has 1 N–H and O–H groups in total. The molecule has 2 heterocycles. The smallest absolute Gasteiger partial charge is 0.274 e. The SMILES string of the molecule is CCc1nc2ccccn2c1C(=O)Nc1cc(Cl)ccc1Cl. The molecule has 0 saturated carbocycles. The molecule has 112 valence electrons. The van der Waals surface area contributed by atoms with Crippen molar-refractivity contribution in [2.45, 2.75) is 13.3 Å². The van der Waals surface area contributed by atoms with Gasteiger partial charge in [0.25, 0.3) is 5.91 Å². The maximum absolute atomic E-state index is 12.7. The van der Waals surface area contributed by atoms with Crippen LogP contribution in [0.25, 0.3) is 5.65 Å². The number of carbonyl (C=O) groups excluding carboxylic acids is 1. The van der Waals surface area contributed by atoms with E-state index in [1.54, 1.807) is 22.6 Å². The van der Waals surface area contributed by atoms with Crippen molar-refractivity contribution >= 4 is 40.4 Å². The molecular formula is C16H13Cl2N3O. The number of nitrogens with zero attached hydrogens (tertiary/aromatic N) is 2. The zero-order chi connectivity index (χ0) is 15.7. The minimum Gasteiger partial charge on any atom is -0.319 e. The molecule has 0 bridgehead atoms. The van der Waals surface area contributed by atoms with Crippen LogP contribution in [0, 0.1) is 0 Å². The minimum absolute atomic E-state index is 0.264. The molecule has 0 unspecified atom stereocenters. The second-order valence-corrected chi connectivity index (χ2v) is 5.61. The molecule has 0 aliphatic heterocycles. The predicted molar refractivity (Wildman–Crippen MR) is 89.0 cm³/mol. The third kappa shape index (κ3) is 2.67. The Morgan fingerprint density at radius 3 is 2.86 bits per heavy atom. The first-order valence-electron chi connectivity index (χ1n) is 6.82. The number of hydrogen-bond acceptors (Lipinski definition) is 2. The van der Waals surface area contributed by atoms with E-state index < -0.39 is 0 Å². The highest BCUT2D eigenvalue weighted by Crippen LogP contribution is 2.26. The highest BCUT2D eigenvalue weighted by atomic mass is 35.5. The van der Waals surface area contributed by atoms with Crippen molar-refractivity contribution in [1.82, 2.24) is 9.38 Å². The second kappa shape index (κ2) is 5.99. The van der Waals surface area contributed by atoms with Crippen LogP contribution < -0.4 is 5.32 Å². The summed E-state index contributed by atoms with van der Waals surface area (Å²) < 4.78 is 1.77. The summed E-state index contributed by atoms with van der Waals surface area (Å²) in [7, 11) is 0. The Labute approximate surface area is 137 Å². The Morgan fingerprint density at radius 2 is 2.09 bits per heavy atom. The lowest BCUT2D eigenvalue weighted by Gasteiger charge is -2.08. The van der Waals surface area contributed by atoms with Crippen LogP contribution in [0.5, 0.6) is 0 Å². The Kier molecular flexibility index (Phi) is 4.05. The molecular weight excluding hydrogens is 321 g/mol. The number of amides is 1. The van der Waals surface area contributed by atoms with Gasteiger partial charge in [0.15, 0.2) is 0 Å². The highest BCUT2D eigenvalue weighted by Gasteiger charge is 2.18. The van der Waals surface area contributed by atoms with Gasteiger partial charge in [-0.1, -0.05) is 36.2 Å². The van der Waals surface area contributed by atoms with Crippen LogP contribution in [-0.2, 0) is 6.42 Å². The standard InChI is InChI=1S/C16H13Cl2N3O/c1-2-12-15(21-8-4-3-5-14(21)19-12)16(22)20-13-9-10(17)6-7-11(13)18/h3-9H,2H2,1H3,(H,20,22). The zero-order valence-electron chi connectivity index (χ0n) is 11.8. The van der Waals surface area contributed by atoms with Gasteiger partial charge in [-0.05, 0) is 36.8 Å². The van der Waals surface area contributed by atoms with Crippen molar-refractivity contribution < 1.29 is 4.79 Å². The van der Waals surface area contributed by atoms with Crippen molar-refractivity contribution in [3.05, 3.63) is 64.0 Å². The average Bonchev–Trinajstić information content (AvgIpc) is 2.89. The van der Waals surface area contributed by atoms with Gasteiger partial charge in [-0.15, -0.1) is 0 Å². The van der Waals surface area contributed by atoms with Crippen LogP contribution in [0.4, 0.5) is 5.69 Å². The number of rotatable bonds is 3. The molecule has 6 heteroatoms. The molecule has 4 nitrogen and oxygen atoms in total. The van der Waals surface area contributed by atoms with Crippen LogP contribution in [0.15, 0.2) is 42.6 Å². The van der Waals surface area contributed by atoms with Gasteiger partial charge >= 0.3 is 0 Å². The summed E-state index contributed by atoms with van der Waals surface area (Å²) in [5, 5.41) is 3.75. The molecule has 0 atom stereocenters. The fraction of sp³-hybridized carbons (Fsp3) is 0.125. The quantitative estimate of drug-likeness (QED) is 0.769. The van der Waals surface area contributed by atoms with Crippen LogP contribution in [0.1, 0.15) is 23.1 Å². The normalized spacial score (nSPS) is 10.9. The first-order valence-corrected chi connectivity index (χ1v) is 7.58. The number of fused-ring (bicyclic) bond motifs is 1. The van der Waals surface area contributed by atoms with Crippen molar-refractivity contribution in [3.63, 3.8) is 0 Å². The summed E-state index contributed by atoms with van der Waals surface area (Å²) in [6, 6.07) is 10.5. The summed E-state index contributed by atoms with van der Waals surface area (Å²) >= 11 is 12.0. The number of nitrogens with one attached hydrogen (secondary N) is 1. The van der Waals surface area contributed by atoms with E-state index in [4.69, 9.17) is 23.2 Å². The number of carbonyl (C=O) groups is 1. The summed E-state index contributed by atoms with van der Waals surface area (Å²) in [6.45, 7) is 1.96. The third-order valence-corrected chi connectivity index (χ3v) is 3.89. The van der Waals surface area contributed by atoms with Crippen LogP contribution in [0.3, 0.4) is 0 Å². The molecule has 0 fully saturated rings. The van der Waals surface area contributed by atoms with Crippen molar-refractivity contribution in [2.75, 3.05) is 5.32 Å². The second-order valence-electron chi connectivity index (χ2n) is 4.77. The van der Waals surface area contributed by atoms with Gasteiger partial charge in [0.05, 0.1) is 16.4 Å². The number of halogens is 2. The van der Waals surface area contributed by atoms with E-state index in [2.05, 4.69) is 10.3 Å². The number of aromatic nitrogens is 2. The molecule has 0 aliphatic rings. The fourth-order valence-corrected chi connectivity index (χ4v) is 2.64. The molecule has 0 saturated heterocycles. The first-order chi connectivity index (χ1) is 10.6. The number of benzene rings is 1. The van der Waals surface area contributed by atoms with E-state index in [0.717, 1.165) is 11.3 Å². The number of pyridine rings is 1. The first kappa shape index (κ1) is 14.9. The lowest BCUT2D eigenvalue weighted by molar-refractivity contribution is 0.102. The maximum Gasteiger partial charge on any atom is 0.274 e. The van der Waals surface area contributed by atoms with E-state index in [9.17, 15) is 4.79 Å². The Bertz CT molecular complexity index is 858. The van der Waals surface area contributed by atoms with Gasteiger partial charge in [0.2, 0.25) is 0 Å². The maximum atomic E-state index is 12.7. The summed E-state index contributed by atoms with van der Waals surface area (Å²) in [5.74, 6) is -0.264. The Balaban J connectivity index is 2.03. The van der Waals surface area contributed by atoms with Crippen molar-refractivity contribution in [1.29, 1.82) is 0 Å². The van der Waals surface area contributed by atoms with Gasteiger partial charge in [-0.25, -0.2) is 4.98 Å². The third-order valence-electron chi connectivity index (χ3n) is 3.33. The number of aryl methyl sites for hydroxylation is 1. The molecule has 22 heavy (non-hydrogen) atoms. The lowest BCUT2D eigenvalue weighted by Crippen LogP contribution is -2.16. The summed E-state index contributed by atoms with van der Waals surface area (Å²) in [4.78, 5) is 17.1. The highest BCUT2D eigenvalue weighted by molar-refractivity contribution is 6.35. The monoisotopic (exact) mass is 333 g/mol. The van der Waals surface area contributed by atoms with Gasteiger partial charge < -0.3 is 5.32 Å². The predicted octanol–water partition coefficient (Wildman–Crippen LogP) is 4.46. The number of hydrogen-bond donors (Lipinski definition) is 1. The molecule has 1 aromatic carbocycles. The zero-order valence-corrected chi connectivity index (χ0v) is 13.3. The number of anilines is 1. The van der Waals surface area contributed by atoms with Crippen LogP contribution in [0.2, 0.25) is 10.0 Å². The van der Waals surface area contributed by atoms with Crippen molar-refractivity contribution in [3.8, 4) is 0 Å². The van der Waals surface area contributed by atoms with E-state index in [-0.39, 0.29) is 5.91 Å². The summed E-state index contributed by atoms with van der Waals surface area (Å²) in [5.41, 5.74) is 2.46. The number of imidazole rings is 1. The fourth-order valence-electron chi connectivity index (χ4n) is 2.31. The molecule has 2 aromatic heterocycles. The Morgan fingerprint density at radius 1 is 1.27 bits per heavy atom. The van der Waals surface area contributed by atoms with Gasteiger partial charge in [0, 0.05) is 11.2 Å². The molecule has 1 amide bonds. The van der Waals surface area contributed by atoms with Gasteiger partial charge in [-0.2, -0.15) is 0 Å². The van der Waals surface area contributed by atoms with E-state index >= 15 is 0 Å². The summed E-state index contributed by atoms with van der Waals surface area (Å²) in [6.07, 6.45) is 2.48. The topological polar surface area (TPSA) is 46.4 Å². The van der Waals surface area contributed by atoms with E-state index in [1.165, 1.54) is 0 Å². The van der Waals surface area contributed by atoms with Gasteiger partial charge in [-0.3, -0.25) is 9.20 Å². The van der Waals surface area contributed by atoms with Crippen LogP contribution >= 0.6 is 23.2 Å². The molecule has 0 aliphatic carbocycles. The lowest BCUT2D eigenvalue weighted by atomic mass is 10.2. The van der Waals surface area contributed by atoms with E-state index in [1.807, 2.05) is 31.3 Å². The minimum atomic E-state index is -0.264. The molecule has 3 aromatic rings. The average molecular weight is 334 g/mol. The molecule has 0 spiro atoms. The largest absolute Gasteiger partial charge is 0.319 e. The molecule has 3 rings (SSSR count). The Hall–Kier alpha value is -2.04. The van der Waals surface area contributed by atoms with E-state index in [0.29, 0.717) is 27.8 Å².